The van der Waals surface area contributed by atoms with E-state index in [-0.39, 0.29) is 17.7 Å². The van der Waals surface area contributed by atoms with Gasteiger partial charge < -0.3 is 9.84 Å². The first-order chi connectivity index (χ1) is 9.58. The summed E-state index contributed by atoms with van der Waals surface area (Å²) in [6, 6.07) is -0.303. The van der Waals surface area contributed by atoms with Gasteiger partial charge in [-0.15, -0.1) is 0 Å². The van der Waals surface area contributed by atoms with Gasteiger partial charge in [0.1, 0.15) is 6.04 Å². The minimum atomic E-state index is -0.662. The van der Waals surface area contributed by atoms with Gasteiger partial charge in [0, 0.05) is 6.54 Å². The Bertz CT molecular complexity index is 365. The zero-order valence-electron chi connectivity index (χ0n) is 12.5. The standard InChI is InChI=1S/C16H27NO3/c1-12-5-9-17(14(10-12)15(18)19)11-13-4-8-16(20-13)6-2-3-7-16/h12-14H,2-11H2,1H3,(H,18,19). The van der Waals surface area contributed by atoms with Crippen LogP contribution in [0.5, 0.6) is 0 Å². The molecule has 3 atom stereocenters. The van der Waals surface area contributed by atoms with Gasteiger partial charge in [0.25, 0.3) is 0 Å². The van der Waals surface area contributed by atoms with Gasteiger partial charge in [-0.3, -0.25) is 9.69 Å². The van der Waals surface area contributed by atoms with Gasteiger partial charge in [0.15, 0.2) is 0 Å². The van der Waals surface area contributed by atoms with Crippen molar-refractivity contribution in [2.24, 2.45) is 5.92 Å². The molecule has 0 aromatic heterocycles. The van der Waals surface area contributed by atoms with E-state index in [0.29, 0.717) is 5.92 Å². The summed E-state index contributed by atoms with van der Waals surface area (Å²) >= 11 is 0. The summed E-state index contributed by atoms with van der Waals surface area (Å²) in [4.78, 5) is 13.6. The van der Waals surface area contributed by atoms with Crippen LogP contribution in [-0.4, -0.2) is 46.8 Å². The molecule has 3 unspecified atom stereocenters. The predicted octanol–water partition coefficient (Wildman–Crippen LogP) is 2.66. The summed E-state index contributed by atoms with van der Waals surface area (Å²) in [5.41, 5.74) is 0.159. The highest BCUT2D eigenvalue weighted by Gasteiger charge is 2.43. The van der Waals surface area contributed by atoms with E-state index in [1.807, 2.05) is 0 Å². The fraction of sp³-hybridized carbons (Fsp3) is 0.938. The number of piperidine rings is 1. The van der Waals surface area contributed by atoms with E-state index in [4.69, 9.17) is 4.74 Å². The first-order valence-corrected chi connectivity index (χ1v) is 8.23. The van der Waals surface area contributed by atoms with Crippen molar-refractivity contribution in [2.75, 3.05) is 13.1 Å². The van der Waals surface area contributed by atoms with Gasteiger partial charge in [0.05, 0.1) is 11.7 Å². The normalized spacial score (nSPS) is 37.5. The number of aliphatic carboxylic acids is 1. The SMILES string of the molecule is CC1CCN(CC2CCC3(CCCC3)O2)C(C(=O)O)C1. The largest absolute Gasteiger partial charge is 0.480 e. The molecule has 2 saturated heterocycles. The Labute approximate surface area is 121 Å². The van der Waals surface area contributed by atoms with Crippen LogP contribution in [-0.2, 0) is 9.53 Å². The molecule has 1 saturated carbocycles. The maximum absolute atomic E-state index is 11.5. The van der Waals surface area contributed by atoms with Gasteiger partial charge in [-0.2, -0.15) is 0 Å². The first-order valence-electron chi connectivity index (χ1n) is 8.23. The Hall–Kier alpha value is -0.610. The zero-order chi connectivity index (χ0) is 14.2. The molecule has 20 heavy (non-hydrogen) atoms. The predicted molar refractivity (Wildman–Crippen MR) is 76.7 cm³/mol. The van der Waals surface area contributed by atoms with E-state index in [0.717, 1.165) is 32.4 Å². The number of carboxylic acid groups (broad SMARTS) is 1. The van der Waals surface area contributed by atoms with E-state index in [1.165, 1.54) is 32.1 Å². The quantitative estimate of drug-likeness (QED) is 0.864. The van der Waals surface area contributed by atoms with Crippen LogP contribution in [0.25, 0.3) is 0 Å². The highest BCUT2D eigenvalue weighted by Crippen LogP contribution is 2.43. The van der Waals surface area contributed by atoms with Crippen LogP contribution in [0.1, 0.15) is 58.3 Å². The molecule has 2 heterocycles. The lowest BCUT2D eigenvalue weighted by Gasteiger charge is -2.37. The highest BCUT2D eigenvalue weighted by atomic mass is 16.5. The van der Waals surface area contributed by atoms with Crippen molar-refractivity contribution < 1.29 is 14.6 Å². The number of hydrogen-bond donors (Lipinski definition) is 1. The molecule has 0 aromatic rings. The van der Waals surface area contributed by atoms with Crippen LogP contribution in [0.3, 0.4) is 0 Å². The van der Waals surface area contributed by atoms with Gasteiger partial charge in [-0.25, -0.2) is 0 Å². The molecule has 4 nitrogen and oxygen atoms in total. The van der Waals surface area contributed by atoms with Crippen LogP contribution < -0.4 is 0 Å². The molecule has 3 rings (SSSR count). The first kappa shape index (κ1) is 14.3. The summed E-state index contributed by atoms with van der Waals surface area (Å²) < 4.78 is 6.33. The van der Waals surface area contributed by atoms with Crippen molar-refractivity contribution in [2.45, 2.75) is 76.0 Å². The topological polar surface area (TPSA) is 49.8 Å². The molecule has 0 aromatic carbocycles. The number of likely N-dealkylation sites (tertiary alicyclic amines) is 1. The molecule has 1 N–H and O–H groups in total. The van der Waals surface area contributed by atoms with E-state index in [9.17, 15) is 9.90 Å². The molecule has 1 spiro atoms. The lowest BCUT2D eigenvalue weighted by atomic mass is 9.92. The van der Waals surface area contributed by atoms with E-state index >= 15 is 0 Å². The van der Waals surface area contributed by atoms with Gasteiger partial charge in [-0.05, 0) is 51.0 Å². The number of rotatable bonds is 3. The number of carboxylic acids is 1. The van der Waals surface area contributed by atoms with Crippen molar-refractivity contribution in [1.29, 1.82) is 0 Å². The van der Waals surface area contributed by atoms with Crippen molar-refractivity contribution in [3.63, 3.8) is 0 Å². The van der Waals surface area contributed by atoms with Crippen LogP contribution in [0, 0.1) is 5.92 Å². The molecule has 3 aliphatic rings. The highest BCUT2D eigenvalue weighted by molar-refractivity contribution is 5.73. The lowest BCUT2D eigenvalue weighted by Crippen LogP contribution is -2.49. The third-order valence-corrected chi connectivity index (χ3v) is 5.55. The number of carbonyl (C=O) groups is 1. The molecular formula is C16H27NO3. The summed E-state index contributed by atoms with van der Waals surface area (Å²) in [7, 11) is 0. The smallest absolute Gasteiger partial charge is 0.320 e. The van der Waals surface area contributed by atoms with Crippen LogP contribution in [0.2, 0.25) is 0 Å². The van der Waals surface area contributed by atoms with Crippen LogP contribution >= 0.6 is 0 Å². The van der Waals surface area contributed by atoms with E-state index in [1.54, 1.807) is 0 Å². The summed E-state index contributed by atoms with van der Waals surface area (Å²) in [6.45, 7) is 3.88. The van der Waals surface area contributed by atoms with E-state index in [2.05, 4.69) is 11.8 Å². The van der Waals surface area contributed by atoms with Crippen molar-refractivity contribution >= 4 is 5.97 Å². The number of nitrogens with zero attached hydrogens (tertiary/aromatic N) is 1. The second-order valence-corrected chi connectivity index (χ2v) is 7.15. The molecule has 114 valence electrons. The van der Waals surface area contributed by atoms with Crippen molar-refractivity contribution in [3.8, 4) is 0 Å². The van der Waals surface area contributed by atoms with Gasteiger partial charge in [-0.1, -0.05) is 19.8 Å². The monoisotopic (exact) mass is 281 g/mol. The summed E-state index contributed by atoms with van der Waals surface area (Å²) in [5, 5.41) is 9.42. The Morgan fingerprint density at radius 3 is 2.75 bits per heavy atom. The molecule has 1 aliphatic carbocycles. The Morgan fingerprint density at radius 1 is 1.30 bits per heavy atom. The molecule has 0 radical (unpaired) electrons. The number of hydrogen-bond acceptors (Lipinski definition) is 3. The maximum Gasteiger partial charge on any atom is 0.320 e. The summed E-state index contributed by atoms with van der Waals surface area (Å²) in [5.74, 6) is -0.136. The van der Waals surface area contributed by atoms with Gasteiger partial charge in [0.2, 0.25) is 0 Å². The number of ether oxygens (including phenoxy) is 1. The minimum absolute atomic E-state index is 0.159. The Kier molecular flexibility index (Phi) is 4.04. The second-order valence-electron chi connectivity index (χ2n) is 7.15. The second kappa shape index (κ2) is 5.64. The van der Waals surface area contributed by atoms with Crippen LogP contribution in [0.4, 0.5) is 0 Å². The average Bonchev–Trinajstić information content (AvgIpc) is 3.02. The van der Waals surface area contributed by atoms with E-state index < -0.39 is 5.97 Å². The maximum atomic E-state index is 11.5. The van der Waals surface area contributed by atoms with Crippen LogP contribution in [0.15, 0.2) is 0 Å². The minimum Gasteiger partial charge on any atom is -0.480 e. The zero-order valence-corrected chi connectivity index (χ0v) is 12.5. The molecule has 0 bridgehead atoms. The third kappa shape index (κ3) is 2.86. The van der Waals surface area contributed by atoms with Crippen molar-refractivity contribution in [1.82, 2.24) is 4.90 Å². The molecule has 2 aliphatic heterocycles. The Balaban J connectivity index is 1.58. The molecule has 3 fully saturated rings. The average molecular weight is 281 g/mol. The third-order valence-electron chi connectivity index (χ3n) is 5.55. The molecule has 0 amide bonds. The summed E-state index contributed by atoms with van der Waals surface area (Å²) in [6.07, 6.45) is 9.46. The molecular weight excluding hydrogens is 254 g/mol. The van der Waals surface area contributed by atoms with Gasteiger partial charge >= 0.3 is 5.97 Å². The Morgan fingerprint density at radius 2 is 2.05 bits per heavy atom. The lowest BCUT2D eigenvalue weighted by molar-refractivity contribution is -0.146. The molecule has 4 heteroatoms. The fourth-order valence-corrected chi connectivity index (χ4v) is 4.34. The fourth-order valence-electron chi connectivity index (χ4n) is 4.34. The van der Waals surface area contributed by atoms with Crippen molar-refractivity contribution in [3.05, 3.63) is 0 Å².